The van der Waals surface area contributed by atoms with Gasteiger partial charge in [-0.2, -0.15) is 0 Å². The van der Waals surface area contributed by atoms with Crippen molar-refractivity contribution in [3.8, 4) is 0 Å². The molecule has 1 saturated heterocycles. The van der Waals surface area contributed by atoms with Gasteiger partial charge in [0.25, 0.3) is 0 Å². The van der Waals surface area contributed by atoms with Crippen molar-refractivity contribution in [1.82, 2.24) is 5.32 Å². The fourth-order valence-electron chi connectivity index (χ4n) is 5.32. The Balaban J connectivity index is 1.86. The number of nitrogens with one attached hydrogen (secondary N) is 2. The van der Waals surface area contributed by atoms with Gasteiger partial charge in [0, 0.05) is 23.7 Å². The molecule has 4 rings (SSSR count). The fraction of sp³-hybridized carbons (Fsp3) is 0.667. The van der Waals surface area contributed by atoms with Crippen LogP contribution in [0.5, 0.6) is 0 Å². The molecule has 3 aliphatic rings. The monoisotopic (exact) mass is 270 g/mol. The van der Waals surface area contributed by atoms with Gasteiger partial charge >= 0.3 is 0 Å². The van der Waals surface area contributed by atoms with Gasteiger partial charge in [-0.25, -0.2) is 0 Å². The van der Waals surface area contributed by atoms with E-state index in [1.807, 2.05) is 0 Å². The van der Waals surface area contributed by atoms with Crippen molar-refractivity contribution in [2.75, 3.05) is 18.4 Å². The molecule has 2 bridgehead atoms. The number of fused-ring (bicyclic) bond motifs is 1. The largest absolute Gasteiger partial charge is 0.385 e. The molecule has 2 heteroatoms. The lowest BCUT2D eigenvalue weighted by atomic mass is 9.52. The molecule has 20 heavy (non-hydrogen) atoms. The van der Waals surface area contributed by atoms with Crippen LogP contribution in [0.4, 0.5) is 5.69 Å². The number of piperidine rings is 1. The number of benzene rings is 1. The molecule has 2 nitrogen and oxygen atoms in total. The van der Waals surface area contributed by atoms with Crippen molar-refractivity contribution in [3.63, 3.8) is 0 Å². The Hall–Kier alpha value is -1.02. The van der Waals surface area contributed by atoms with Crippen molar-refractivity contribution in [2.45, 2.75) is 56.9 Å². The first kappa shape index (κ1) is 12.7. The first-order chi connectivity index (χ1) is 9.85. The van der Waals surface area contributed by atoms with Crippen LogP contribution in [0.1, 0.15) is 50.2 Å². The molecule has 1 aromatic rings. The van der Waals surface area contributed by atoms with E-state index in [2.05, 4.69) is 35.8 Å². The Morgan fingerprint density at radius 2 is 2.25 bits per heavy atom. The van der Waals surface area contributed by atoms with E-state index in [4.69, 9.17) is 0 Å². The lowest BCUT2D eigenvalue weighted by Crippen LogP contribution is -2.59. The average molecular weight is 270 g/mol. The third-order valence-corrected chi connectivity index (χ3v) is 6.06. The highest BCUT2D eigenvalue weighted by Gasteiger charge is 2.51. The van der Waals surface area contributed by atoms with Crippen molar-refractivity contribution in [2.24, 2.45) is 5.92 Å². The van der Waals surface area contributed by atoms with Crippen LogP contribution in [0.2, 0.25) is 0 Å². The SMILES string of the molecule is CCNc1cccc2c1C[C@H]1NCC[C@@]23CCCC[C@@H]13. The lowest BCUT2D eigenvalue weighted by molar-refractivity contribution is 0.0800. The maximum Gasteiger partial charge on any atom is 0.0376 e. The molecule has 1 saturated carbocycles. The quantitative estimate of drug-likeness (QED) is 0.860. The lowest BCUT2D eigenvalue weighted by Gasteiger charge is -2.56. The number of hydrogen-bond acceptors (Lipinski definition) is 2. The summed E-state index contributed by atoms with van der Waals surface area (Å²) in [5.74, 6) is 0.884. The van der Waals surface area contributed by atoms with Crippen molar-refractivity contribution < 1.29 is 0 Å². The van der Waals surface area contributed by atoms with E-state index in [9.17, 15) is 0 Å². The van der Waals surface area contributed by atoms with E-state index in [1.165, 1.54) is 50.8 Å². The smallest absolute Gasteiger partial charge is 0.0376 e. The molecular formula is C18H26N2. The van der Waals surface area contributed by atoms with Gasteiger partial charge < -0.3 is 10.6 Å². The molecule has 0 unspecified atom stereocenters. The van der Waals surface area contributed by atoms with Gasteiger partial charge in [-0.1, -0.05) is 25.0 Å². The summed E-state index contributed by atoms with van der Waals surface area (Å²) in [5, 5.41) is 7.42. The molecule has 1 aromatic carbocycles. The summed E-state index contributed by atoms with van der Waals surface area (Å²) in [6.45, 7) is 4.43. The summed E-state index contributed by atoms with van der Waals surface area (Å²) >= 11 is 0. The van der Waals surface area contributed by atoms with Crippen LogP contribution in [-0.2, 0) is 11.8 Å². The minimum absolute atomic E-state index is 0.493. The second-order valence-corrected chi connectivity index (χ2v) is 6.89. The van der Waals surface area contributed by atoms with Gasteiger partial charge in [-0.15, -0.1) is 0 Å². The van der Waals surface area contributed by atoms with Gasteiger partial charge in [0.05, 0.1) is 0 Å². The zero-order chi connectivity index (χ0) is 13.6. The van der Waals surface area contributed by atoms with Gasteiger partial charge in [-0.3, -0.25) is 0 Å². The Labute approximate surface area is 122 Å². The van der Waals surface area contributed by atoms with Gasteiger partial charge in [-0.05, 0) is 62.3 Å². The van der Waals surface area contributed by atoms with E-state index in [1.54, 1.807) is 11.1 Å². The summed E-state index contributed by atoms with van der Waals surface area (Å²) in [6.07, 6.45) is 8.28. The average Bonchev–Trinajstić information content (AvgIpc) is 2.48. The highest BCUT2D eigenvalue weighted by molar-refractivity contribution is 5.59. The number of hydrogen-bond donors (Lipinski definition) is 2. The first-order valence-corrected chi connectivity index (χ1v) is 8.45. The van der Waals surface area contributed by atoms with E-state index in [-0.39, 0.29) is 0 Å². The summed E-state index contributed by atoms with van der Waals surface area (Å²) in [4.78, 5) is 0. The van der Waals surface area contributed by atoms with Crippen LogP contribution in [0.25, 0.3) is 0 Å². The second-order valence-electron chi connectivity index (χ2n) is 6.89. The van der Waals surface area contributed by atoms with E-state index < -0.39 is 0 Å². The van der Waals surface area contributed by atoms with Crippen LogP contribution in [0.3, 0.4) is 0 Å². The molecule has 1 aliphatic heterocycles. The van der Waals surface area contributed by atoms with Crippen LogP contribution >= 0.6 is 0 Å². The maximum absolute atomic E-state index is 3.83. The van der Waals surface area contributed by atoms with E-state index >= 15 is 0 Å². The van der Waals surface area contributed by atoms with Crippen molar-refractivity contribution >= 4 is 5.69 Å². The maximum atomic E-state index is 3.83. The Bertz CT molecular complexity index is 506. The third-order valence-electron chi connectivity index (χ3n) is 6.06. The van der Waals surface area contributed by atoms with Crippen LogP contribution in [0.15, 0.2) is 18.2 Å². The normalized spacial score (nSPS) is 35.0. The molecule has 2 fully saturated rings. The zero-order valence-corrected chi connectivity index (χ0v) is 12.5. The minimum atomic E-state index is 0.493. The Kier molecular flexibility index (Phi) is 3.03. The van der Waals surface area contributed by atoms with Gasteiger partial charge in [0.15, 0.2) is 0 Å². The molecule has 0 amide bonds. The van der Waals surface area contributed by atoms with E-state index in [0.29, 0.717) is 5.41 Å². The molecular weight excluding hydrogens is 244 g/mol. The van der Waals surface area contributed by atoms with Crippen LogP contribution in [-0.4, -0.2) is 19.1 Å². The third kappa shape index (κ3) is 1.67. The van der Waals surface area contributed by atoms with E-state index in [0.717, 1.165) is 18.5 Å². The van der Waals surface area contributed by atoms with Crippen LogP contribution in [0, 0.1) is 5.92 Å². The summed E-state index contributed by atoms with van der Waals surface area (Å²) in [5.41, 5.74) is 5.19. The van der Waals surface area contributed by atoms with Crippen molar-refractivity contribution in [1.29, 1.82) is 0 Å². The molecule has 2 aliphatic carbocycles. The van der Waals surface area contributed by atoms with Crippen LogP contribution < -0.4 is 10.6 Å². The molecule has 0 aromatic heterocycles. The molecule has 2 N–H and O–H groups in total. The van der Waals surface area contributed by atoms with Gasteiger partial charge in [0.2, 0.25) is 0 Å². The highest BCUT2D eigenvalue weighted by Crippen LogP contribution is 2.54. The summed E-state index contributed by atoms with van der Waals surface area (Å²) in [6, 6.07) is 7.71. The molecule has 0 spiro atoms. The zero-order valence-electron chi connectivity index (χ0n) is 12.5. The predicted octanol–water partition coefficient (Wildman–Crippen LogP) is 3.46. The standard InChI is InChI=1S/C18H26N2/c1-2-19-16-8-5-7-14-13(16)12-17-15-6-3-4-9-18(14,15)10-11-20-17/h5,7-8,15,17,19-20H,2-4,6,9-12H2,1H3/t15-,17+,18-/m0/s1. The molecule has 3 atom stereocenters. The second kappa shape index (κ2) is 4.77. The molecule has 0 radical (unpaired) electrons. The number of anilines is 1. The minimum Gasteiger partial charge on any atom is -0.385 e. The molecule has 108 valence electrons. The van der Waals surface area contributed by atoms with Crippen molar-refractivity contribution in [3.05, 3.63) is 29.3 Å². The summed E-state index contributed by atoms with van der Waals surface area (Å²) in [7, 11) is 0. The van der Waals surface area contributed by atoms with Gasteiger partial charge in [0.1, 0.15) is 0 Å². The predicted molar refractivity (Wildman–Crippen MR) is 84.4 cm³/mol. The topological polar surface area (TPSA) is 24.1 Å². The first-order valence-electron chi connectivity index (χ1n) is 8.45. The molecule has 1 heterocycles. The Morgan fingerprint density at radius 3 is 3.15 bits per heavy atom. The Morgan fingerprint density at radius 1 is 1.30 bits per heavy atom. The number of rotatable bonds is 2. The highest BCUT2D eigenvalue weighted by atomic mass is 15.0. The summed E-state index contributed by atoms with van der Waals surface area (Å²) < 4.78 is 0. The fourth-order valence-corrected chi connectivity index (χ4v) is 5.32.